The van der Waals surface area contributed by atoms with Gasteiger partial charge in [-0.3, -0.25) is 4.98 Å². The van der Waals surface area contributed by atoms with Crippen molar-refractivity contribution in [1.82, 2.24) is 14.3 Å². The minimum absolute atomic E-state index is 0.0252. The third-order valence-corrected chi connectivity index (χ3v) is 5.26. The highest BCUT2D eigenvalue weighted by atomic mass is 32.2. The maximum absolute atomic E-state index is 12.9. The summed E-state index contributed by atoms with van der Waals surface area (Å²) in [5.74, 6) is -0.548. The van der Waals surface area contributed by atoms with Gasteiger partial charge in [0.25, 0.3) is 0 Å². The van der Waals surface area contributed by atoms with Crippen LogP contribution in [0.15, 0.2) is 47.8 Å². The van der Waals surface area contributed by atoms with Crippen LogP contribution in [0.2, 0.25) is 0 Å². The number of rotatable bonds is 4. The topological polar surface area (TPSA) is 72.4 Å². The third kappa shape index (κ3) is 3.20. The van der Waals surface area contributed by atoms with E-state index >= 15 is 0 Å². The molecule has 1 aliphatic rings. The number of nitrogens with zero attached hydrogens (tertiary/aromatic N) is 3. The van der Waals surface area contributed by atoms with E-state index < -0.39 is 33.7 Å². The van der Waals surface area contributed by atoms with Crippen LogP contribution in [0.1, 0.15) is 5.56 Å². The summed E-state index contributed by atoms with van der Waals surface area (Å²) in [5, 5.41) is 0. The van der Waals surface area contributed by atoms with E-state index in [1.807, 2.05) is 0 Å². The fourth-order valence-corrected chi connectivity index (χ4v) is 3.65. The fourth-order valence-electron chi connectivity index (χ4n) is 2.18. The summed E-state index contributed by atoms with van der Waals surface area (Å²) in [7, 11) is -3.72. The molecular weight excluding hydrogens is 347 g/mol. The third-order valence-electron chi connectivity index (χ3n) is 3.44. The van der Waals surface area contributed by atoms with Gasteiger partial charge < -0.3 is 4.74 Å². The first kappa shape index (κ1) is 16.7. The van der Waals surface area contributed by atoms with E-state index in [0.717, 1.165) is 16.4 Å². The van der Waals surface area contributed by atoms with Crippen LogP contribution >= 0.6 is 0 Å². The molecule has 24 heavy (non-hydrogen) atoms. The van der Waals surface area contributed by atoms with Gasteiger partial charge in [0.05, 0.1) is 13.1 Å². The minimum atomic E-state index is -4.59. The SMILES string of the molecule is O=S(=O)(c1cccnc1)N1CC(Oc2ncccc2C(F)(F)F)C1. The quantitative estimate of drug-likeness (QED) is 0.834. The highest BCUT2D eigenvalue weighted by molar-refractivity contribution is 7.89. The van der Waals surface area contributed by atoms with Crippen molar-refractivity contribution in [3.63, 3.8) is 0 Å². The standard InChI is InChI=1S/C14H12F3N3O3S/c15-14(16,17)12-4-2-6-19-13(12)23-10-8-20(9-10)24(21,22)11-3-1-5-18-7-11/h1-7,10H,8-9H2. The zero-order valence-corrected chi connectivity index (χ0v) is 13.0. The first-order valence-electron chi connectivity index (χ1n) is 6.87. The van der Waals surface area contributed by atoms with Gasteiger partial charge >= 0.3 is 6.18 Å². The molecule has 0 unspecified atom stereocenters. The van der Waals surface area contributed by atoms with Gasteiger partial charge in [-0.25, -0.2) is 13.4 Å². The summed E-state index contributed by atoms with van der Waals surface area (Å²) in [4.78, 5) is 7.36. The van der Waals surface area contributed by atoms with Gasteiger partial charge in [-0.15, -0.1) is 0 Å². The van der Waals surface area contributed by atoms with Gasteiger partial charge in [-0.2, -0.15) is 17.5 Å². The molecule has 0 aromatic carbocycles. The van der Waals surface area contributed by atoms with Gasteiger partial charge in [-0.1, -0.05) is 0 Å². The molecule has 0 amide bonds. The van der Waals surface area contributed by atoms with Crippen LogP contribution in [-0.2, 0) is 16.2 Å². The molecule has 0 saturated carbocycles. The van der Waals surface area contributed by atoms with Crippen LogP contribution in [0.25, 0.3) is 0 Å². The second-order valence-electron chi connectivity index (χ2n) is 5.10. The van der Waals surface area contributed by atoms with E-state index in [0.29, 0.717) is 0 Å². The zero-order chi connectivity index (χ0) is 17.4. The number of hydrogen-bond donors (Lipinski definition) is 0. The molecule has 10 heteroatoms. The summed E-state index contributed by atoms with van der Waals surface area (Å²) in [5.41, 5.74) is -0.987. The van der Waals surface area contributed by atoms with Crippen molar-refractivity contribution in [1.29, 1.82) is 0 Å². The lowest BCUT2D eigenvalue weighted by Crippen LogP contribution is -2.56. The lowest BCUT2D eigenvalue weighted by atomic mass is 10.2. The Bertz CT molecular complexity index is 822. The second-order valence-corrected chi connectivity index (χ2v) is 7.04. The number of sulfonamides is 1. The van der Waals surface area contributed by atoms with Crippen LogP contribution < -0.4 is 4.74 Å². The number of halogens is 3. The molecule has 3 rings (SSSR count). The molecular formula is C14H12F3N3O3S. The molecule has 6 nitrogen and oxygen atoms in total. The number of pyridine rings is 2. The second kappa shape index (κ2) is 6.02. The Morgan fingerprint density at radius 1 is 1.17 bits per heavy atom. The number of alkyl halides is 3. The Labute approximate surface area is 136 Å². The van der Waals surface area contributed by atoms with Gasteiger partial charge in [0, 0.05) is 18.6 Å². The minimum Gasteiger partial charge on any atom is -0.471 e. The van der Waals surface area contributed by atoms with Crippen molar-refractivity contribution in [3.8, 4) is 5.88 Å². The van der Waals surface area contributed by atoms with Gasteiger partial charge in [-0.05, 0) is 24.3 Å². The monoisotopic (exact) mass is 359 g/mol. The average molecular weight is 359 g/mol. The molecule has 0 bridgehead atoms. The molecule has 0 N–H and O–H groups in total. The normalized spacial score (nSPS) is 16.6. The van der Waals surface area contributed by atoms with Crippen molar-refractivity contribution < 1.29 is 26.3 Å². The van der Waals surface area contributed by atoms with E-state index in [1.165, 1.54) is 30.7 Å². The average Bonchev–Trinajstić information content (AvgIpc) is 2.50. The molecule has 1 aliphatic heterocycles. The molecule has 1 saturated heterocycles. The summed E-state index contributed by atoms with van der Waals surface area (Å²) in [6, 6.07) is 4.92. The van der Waals surface area contributed by atoms with Crippen LogP contribution in [0.3, 0.4) is 0 Å². The lowest BCUT2D eigenvalue weighted by molar-refractivity contribution is -0.140. The van der Waals surface area contributed by atoms with Gasteiger partial charge in [0.15, 0.2) is 0 Å². The van der Waals surface area contributed by atoms with E-state index in [4.69, 9.17) is 4.74 Å². The number of aromatic nitrogens is 2. The fraction of sp³-hybridized carbons (Fsp3) is 0.286. The van der Waals surface area contributed by atoms with Crippen molar-refractivity contribution in [2.75, 3.05) is 13.1 Å². The van der Waals surface area contributed by atoms with Crippen molar-refractivity contribution >= 4 is 10.0 Å². The predicted molar refractivity (Wildman–Crippen MR) is 76.7 cm³/mol. The highest BCUT2D eigenvalue weighted by Crippen LogP contribution is 2.35. The predicted octanol–water partition coefficient (Wildman–Crippen LogP) is 1.95. The Hall–Kier alpha value is -2.20. The molecule has 2 aromatic rings. The summed E-state index contributed by atoms with van der Waals surface area (Å²) >= 11 is 0. The number of ether oxygens (including phenoxy) is 1. The number of hydrogen-bond acceptors (Lipinski definition) is 5. The van der Waals surface area contributed by atoms with Crippen molar-refractivity contribution in [3.05, 3.63) is 48.4 Å². The van der Waals surface area contributed by atoms with Gasteiger partial charge in [0.2, 0.25) is 15.9 Å². The largest absolute Gasteiger partial charge is 0.471 e. The maximum Gasteiger partial charge on any atom is 0.421 e. The van der Waals surface area contributed by atoms with Crippen molar-refractivity contribution in [2.45, 2.75) is 17.2 Å². The van der Waals surface area contributed by atoms with Crippen LogP contribution in [0.4, 0.5) is 13.2 Å². The Morgan fingerprint density at radius 2 is 1.88 bits per heavy atom. The smallest absolute Gasteiger partial charge is 0.421 e. The van der Waals surface area contributed by atoms with Gasteiger partial charge in [0.1, 0.15) is 16.6 Å². The lowest BCUT2D eigenvalue weighted by Gasteiger charge is -2.37. The zero-order valence-electron chi connectivity index (χ0n) is 12.1. The molecule has 2 aromatic heterocycles. The maximum atomic E-state index is 12.9. The van der Waals surface area contributed by atoms with Crippen LogP contribution in [-0.4, -0.2) is 41.9 Å². The Balaban J connectivity index is 1.69. The molecule has 1 fully saturated rings. The molecule has 0 spiro atoms. The first-order valence-corrected chi connectivity index (χ1v) is 8.31. The van der Waals surface area contributed by atoms with E-state index in [1.54, 1.807) is 0 Å². The van der Waals surface area contributed by atoms with E-state index in [-0.39, 0.29) is 18.0 Å². The summed E-state index contributed by atoms with van der Waals surface area (Å²) < 4.78 is 69.5. The summed E-state index contributed by atoms with van der Waals surface area (Å²) in [6.07, 6.45) is -1.43. The van der Waals surface area contributed by atoms with E-state index in [2.05, 4.69) is 9.97 Å². The van der Waals surface area contributed by atoms with Crippen molar-refractivity contribution in [2.24, 2.45) is 0 Å². The first-order chi connectivity index (χ1) is 11.3. The summed E-state index contributed by atoms with van der Waals surface area (Å²) in [6.45, 7) is -0.101. The molecule has 0 aliphatic carbocycles. The van der Waals surface area contributed by atoms with E-state index in [9.17, 15) is 21.6 Å². The molecule has 0 atom stereocenters. The molecule has 3 heterocycles. The molecule has 128 valence electrons. The Morgan fingerprint density at radius 3 is 2.50 bits per heavy atom. The van der Waals surface area contributed by atoms with Crippen LogP contribution in [0.5, 0.6) is 5.88 Å². The highest BCUT2D eigenvalue weighted by Gasteiger charge is 2.41. The Kier molecular flexibility index (Phi) is 4.18. The van der Waals surface area contributed by atoms with Crippen LogP contribution in [0, 0.1) is 0 Å². The molecule has 0 radical (unpaired) electrons.